The number of aromatic hydroxyl groups is 1. The molecule has 0 amide bonds. The fourth-order valence-electron chi connectivity index (χ4n) is 4.88. The van der Waals surface area contributed by atoms with Crippen molar-refractivity contribution in [2.75, 3.05) is 41.8 Å². The maximum atomic E-state index is 14.0. The number of halogens is 3. The summed E-state index contributed by atoms with van der Waals surface area (Å²) in [5.41, 5.74) is 1.04. The number of nitrogens with zero attached hydrogens (tertiary/aromatic N) is 4. The van der Waals surface area contributed by atoms with Crippen LogP contribution in [0.25, 0.3) is 10.8 Å². The number of rotatable bonds is 11. The van der Waals surface area contributed by atoms with Crippen LogP contribution in [0, 0.1) is 0 Å². The molecule has 1 aliphatic heterocycles. The Morgan fingerprint density at radius 1 is 1.07 bits per heavy atom. The molecule has 43 heavy (non-hydrogen) atoms. The highest BCUT2D eigenvalue weighted by molar-refractivity contribution is 7.53. The lowest BCUT2D eigenvalue weighted by molar-refractivity contribution is -0.137. The van der Waals surface area contributed by atoms with Gasteiger partial charge in [-0.25, -0.2) is 4.98 Å². The number of benzene rings is 2. The van der Waals surface area contributed by atoms with Crippen molar-refractivity contribution in [1.82, 2.24) is 14.5 Å². The van der Waals surface area contributed by atoms with Crippen LogP contribution in [0.15, 0.2) is 48.8 Å². The topological polar surface area (TPSA) is 134 Å². The zero-order valence-electron chi connectivity index (χ0n) is 23.7. The number of anilines is 5. The van der Waals surface area contributed by atoms with Crippen molar-refractivity contribution >= 4 is 47.2 Å². The Bertz CT molecular complexity index is 1650. The number of nitrogens with one attached hydrogen (secondary N) is 2. The smallest absolute Gasteiger partial charge is 0.421 e. The quantitative estimate of drug-likeness (QED) is 0.145. The molecular formula is C28H32F3N6O5P. The van der Waals surface area contributed by atoms with E-state index in [1.165, 1.54) is 4.57 Å². The van der Waals surface area contributed by atoms with Gasteiger partial charge < -0.3 is 39.4 Å². The van der Waals surface area contributed by atoms with E-state index < -0.39 is 31.3 Å². The molecule has 0 radical (unpaired) electrons. The molecule has 5 rings (SSSR count). The molecule has 1 aliphatic rings. The summed E-state index contributed by atoms with van der Waals surface area (Å²) < 4.78 is 66.9. The molecule has 2 aromatic heterocycles. The normalized spacial score (nSPS) is 14.3. The van der Waals surface area contributed by atoms with Gasteiger partial charge in [0, 0.05) is 49.3 Å². The lowest BCUT2D eigenvalue weighted by Gasteiger charge is -2.38. The maximum absolute atomic E-state index is 14.0. The summed E-state index contributed by atoms with van der Waals surface area (Å²) in [7, 11) is -1.68. The fraction of sp³-hybridized carbons (Fsp3) is 0.357. The number of aliphatic hydroxyl groups is 1. The van der Waals surface area contributed by atoms with Gasteiger partial charge in [-0.15, -0.1) is 0 Å². The van der Waals surface area contributed by atoms with Crippen LogP contribution in [0.1, 0.15) is 25.0 Å². The second-order valence-electron chi connectivity index (χ2n) is 10.0. The molecule has 0 aliphatic carbocycles. The Kier molecular flexibility index (Phi) is 8.57. The SMILES string of the molecule is CCOP(=O)(Cc1ccc(Nc2ncc(C(F)(F)F)c(Nc3ccc(N4CC(O)C4)c4cn(C)c(O)c34)n2)cc1)OCC. The number of hydrogen-bond acceptors (Lipinski definition) is 10. The van der Waals surface area contributed by atoms with Gasteiger partial charge in [0.1, 0.15) is 11.4 Å². The van der Waals surface area contributed by atoms with E-state index in [2.05, 4.69) is 20.6 Å². The molecule has 11 nitrogen and oxygen atoms in total. The Morgan fingerprint density at radius 2 is 1.74 bits per heavy atom. The van der Waals surface area contributed by atoms with Gasteiger partial charge in [-0.05, 0) is 43.7 Å². The van der Waals surface area contributed by atoms with Crippen molar-refractivity contribution in [2.45, 2.75) is 32.3 Å². The number of aryl methyl sites for hydroxylation is 1. The molecule has 0 saturated carbocycles. The van der Waals surface area contributed by atoms with Crippen LogP contribution in [0.5, 0.6) is 5.88 Å². The highest BCUT2D eigenvalue weighted by Crippen LogP contribution is 2.51. The highest BCUT2D eigenvalue weighted by atomic mass is 31.2. The molecule has 1 fully saturated rings. The number of aromatic nitrogens is 3. The fourth-order valence-corrected chi connectivity index (χ4v) is 6.59. The van der Waals surface area contributed by atoms with Gasteiger partial charge in [-0.3, -0.25) is 4.57 Å². The molecule has 0 unspecified atom stereocenters. The van der Waals surface area contributed by atoms with Gasteiger partial charge in [0.25, 0.3) is 0 Å². The Morgan fingerprint density at radius 3 is 2.35 bits per heavy atom. The molecular weight excluding hydrogens is 588 g/mol. The van der Waals surface area contributed by atoms with Crippen molar-refractivity contribution < 1.29 is 37.0 Å². The first kappa shape index (κ1) is 30.6. The second kappa shape index (κ2) is 12.0. The Balaban J connectivity index is 1.43. The minimum absolute atomic E-state index is 0.0672. The first-order valence-electron chi connectivity index (χ1n) is 13.6. The summed E-state index contributed by atoms with van der Waals surface area (Å²) in [6.07, 6.45) is -2.79. The second-order valence-corrected chi connectivity index (χ2v) is 12.1. The van der Waals surface area contributed by atoms with E-state index in [0.717, 1.165) is 5.69 Å². The van der Waals surface area contributed by atoms with Crippen LogP contribution in [0.3, 0.4) is 0 Å². The van der Waals surface area contributed by atoms with Crippen molar-refractivity contribution in [1.29, 1.82) is 0 Å². The van der Waals surface area contributed by atoms with Gasteiger partial charge in [-0.1, -0.05) is 12.1 Å². The highest BCUT2D eigenvalue weighted by Gasteiger charge is 2.36. The monoisotopic (exact) mass is 620 g/mol. The van der Waals surface area contributed by atoms with Crippen LogP contribution >= 0.6 is 7.60 Å². The summed E-state index contributed by atoms with van der Waals surface area (Å²) in [4.78, 5) is 9.92. The number of fused-ring (bicyclic) bond motifs is 1. The molecule has 4 N–H and O–H groups in total. The molecule has 2 aromatic carbocycles. The molecule has 230 valence electrons. The molecule has 15 heteroatoms. The molecule has 4 aromatic rings. The third-order valence-electron chi connectivity index (χ3n) is 6.89. The van der Waals surface area contributed by atoms with E-state index >= 15 is 0 Å². The molecule has 0 bridgehead atoms. The van der Waals surface area contributed by atoms with E-state index in [4.69, 9.17) is 9.05 Å². The largest absolute Gasteiger partial charge is 0.494 e. The van der Waals surface area contributed by atoms with Crippen LogP contribution in [-0.2, 0) is 33.0 Å². The third kappa shape index (κ3) is 6.57. The predicted molar refractivity (Wildman–Crippen MR) is 157 cm³/mol. The Hall–Kier alpha value is -3.84. The van der Waals surface area contributed by atoms with E-state index in [0.29, 0.717) is 41.3 Å². The summed E-state index contributed by atoms with van der Waals surface area (Å²) in [6, 6.07) is 10.00. The Labute approximate surface area is 245 Å². The minimum Gasteiger partial charge on any atom is -0.494 e. The van der Waals surface area contributed by atoms with Gasteiger partial charge in [0.2, 0.25) is 11.8 Å². The average molecular weight is 621 g/mol. The predicted octanol–water partition coefficient (Wildman–Crippen LogP) is 6.13. The molecule has 0 spiro atoms. The van der Waals surface area contributed by atoms with E-state index in [9.17, 15) is 27.9 Å². The van der Waals surface area contributed by atoms with E-state index in [1.54, 1.807) is 63.5 Å². The molecule has 3 heterocycles. The van der Waals surface area contributed by atoms with E-state index in [1.807, 2.05) is 4.90 Å². The number of aliphatic hydroxyl groups excluding tert-OH is 1. The van der Waals surface area contributed by atoms with Crippen LogP contribution in [0.2, 0.25) is 0 Å². The summed E-state index contributed by atoms with van der Waals surface area (Å²) in [5, 5.41) is 27.1. The first-order chi connectivity index (χ1) is 20.4. The van der Waals surface area contributed by atoms with Crippen molar-refractivity contribution in [2.24, 2.45) is 7.05 Å². The van der Waals surface area contributed by atoms with Gasteiger partial charge in [0.05, 0.1) is 36.6 Å². The number of hydrogen-bond donors (Lipinski definition) is 4. The van der Waals surface area contributed by atoms with Crippen molar-refractivity contribution in [3.05, 3.63) is 59.9 Å². The van der Waals surface area contributed by atoms with Crippen LogP contribution in [-0.4, -0.2) is 57.2 Å². The van der Waals surface area contributed by atoms with Gasteiger partial charge >= 0.3 is 13.8 Å². The average Bonchev–Trinajstić information content (AvgIpc) is 3.22. The lowest BCUT2D eigenvalue weighted by Crippen LogP contribution is -2.50. The van der Waals surface area contributed by atoms with Crippen molar-refractivity contribution in [3.63, 3.8) is 0 Å². The van der Waals surface area contributed by atoms with Crippen LogP contribution in [0.4, 0.5) is 42.0 Å². The lowest BCUT2D eigenvalue weighted by atomic mass is 10.1. The van der Waals surface area contributed by atoms with Crippen LogP contribution < -0.4 is 15.5 Å². The standard InChI is InChI=1S/C28H32F3N6O5P/c1-4-41-43(40,42-5-2)16-17-6-8-18(9-7-17)33-27-32-12-21(28(29,30)31)25(35-27)34-22-10-11-23(37-13-19(38)14-37)20-15-36(3)26(39)24(20)22/h6-12,15,19,38-39H,4-5,13-14,16H2,1-3H3,(H2,32,33,34,35). The van der Waals surface area contributed by atoms with Gasteiger partial charge in [0.15, 0.2) is 0 Å². The maximum Gasteiger partial charge on any atom is 0.421 e. The summed E-state index contributed by atoms with van der Waals surface area (Å²) >= 11 is 0. The van der Waals surface area contributed by atoms with Crippen molar-refractivity contribution in [3.8, 4) is 5.88 Å². The zero-order valence-corrected chi connectivity index (χ0v) is 24.6. The molecule has 1 saturated heterocycles. The summed E-state index contributed by atoms with van der Waals surface area (Å²) in [5.74, 6) is -0.746. The third-order valence-corrected chi connectivity index (χ3v) is 8.95. The summed E-state index contributed by atoms with van der Waals surface area (Å²) in [6.45, 7) is 4.75. The number of alkyl halides is 3. The first-order valence-corrected chi connectivity index (χ1v) is 15.3. The van der Waals surface area contributed by atoms with E-state index in [-0.39, 0.29) is 36.9 Å². The minimum atomic E-state index is -4.76. The number of β-amino-alcohol motifs (C(OH)–C–C–N with tert-alkyl or cyclic N) is 1. The molecule has 0 atom stereocenters. The van der Waals surface area contributed by atoms with Gasteiger partial charge in [-0.2, -0.15) is 18.2 Å². The zero-order chi connectivity index (χ0) is 30.9.